The maximum Gasteiger partial charge on any atom is 0.308 e. The SMILES string of the molecule is CCN(CC)c1ccc(CNC(=NC)N2CCC(C(=O)OC)CC2)cn1.I. The van der Waals surface area contributed by atoms with Crippen LogP contribution in [0.4, 0.5) is 5.82 Å². The number of aliphatic imine (C=N–C) groups is 1. The third-order valence-electron chi connectivity index (χ3n) is 4.89. The summed E-state index contributed by atoms with van der Waals surface area (Å²) in [7, 11) is 3.24. The van der Waals surface area contributed by atoms with Gasteiger partial charge in [-0.05, 0) is 38.3 Å². The van der Waals surface area contributed by atoms with Gasteiger partial charge in [-0.25, -0.2) is 4.98 Å². The monoisotopic (exact) mass is 489 g/mol. The first-order chi connectivity index (χ1) is 12.6. The van der Waals surface area contributed by atoms with Gasteiger partial charge in [0, 0.05) is 46.0 Å². The van der Waals surface area contributed by atoms with Gasteiger partial charge in [-0.3, -0.25) is 9.79 Å². The largest absolute Gasteiger partial charge is 0.469 e. The molecule has 7 nitrogen and oxygen atoms in total. The summed E-state index contributed by atoms with van der Waals surface area (Å²) in [6.07, 6.45) is 3.51. The Kier molecular flexibility index (Phi) is 10.4. The summed E-state index contributed by atoms with van der Waals surface area (Å²) in [6.45, 7) is 8.46. The summed E-state index contributed by atoms with van der Waals surface area (Å²) in [6, 6.07) is 4.17. The average molecular weight is 489 g/mol. The molecule has 0 spiro atoms. The maximum absolute atomic E-state index is 11.6. The number of hydrogen-bond donors (Lipinski definition) is 1. The van der Waals surface area contributed by atoms with E-state index in [1.165, 1.54) is 7.11 Å². The number of hydrogen-bond acceptors (Lipinski definition) is 5. The standard InChI is InChI=1S/C19H31N5O2.HI/c1-5-23(6-2)17-8-7-15(13-21-17)14-22-19(20-3)24-11-9-16(10-12-24)18(25)26-4;/h7-8,13,16H,5-6,9-12,14H2,1-4H3,(H,20,22);1H. The van der Waals surface area contributed by atoms with Gasteiger partial charge in [-0.1, -0.05) is 6.07 Å². The molecule has 1 saturated heterocycles. The van der Waals surface area contributed by atoms with Crippen LogP contribution in [-0.2, 0) is 16.1 Å². The van der Waals surface area contributed by atoms with Crippen molar-refractivity contribution in [2.75, 3.05) is 45.2 Å². The second kappa shape index (κ2) is 12.0. The second-order valence-corrected chi connectivity index (χ2v) is 6.38. The van der Waals surface area contributed by atoms with Crippen molar-refractivity contribution in [1.82, 2.24) is 15.2 Å². The molecule has 0 amide bonds. The van der Waals surface area contributed by atoms with Crippen LogP contribution in [0.3, 0.4) is 0 Å². The average Bonchev–Trinajstić information content (AvgIpc) is 2.70. The Morgan fingerprint density at radius 3 is 2.48 bits per heavy atom. The van der Waals surface area contributed by atoms with Gasteiger partial charge in [0.25, 0.3) is 0 Å². The van der Waals surface area contributed by atoms with E-state index in [0.717, 1.165) is 56.4 Å². The van der Waals surface area contributed by atoms with Gasteiger partial charge in [0.1, 0.15) is 5.82 Å². The fourth-order valence-corrected chi connectivity index (χ4v) is 3.26. The van der Waals surface area contributed by atoms with Crippen molar-refractivity contribution in [1.29, 1.82) is 0 Å². The van der Waals surface area contributed by atoms with Crippen LogP contribution in [0, 0.1) is 5.92 Å². The van der Waals surface area contributed by atoms with E-state index >= 15 is 0 Å². The predicted molar refractivity (Wildman–Crippen MR) is 120 cm³/mol. The molecule has 27 heavy (non-hydrogen) atoms. The van der Waals surface area contributed by atoms with Crippen molar-refractivity contribution in [3.05, 3.63) is 23.9 Å². The van der Waals surface area contributed by atoms with E-state index in [1.807, 2.05) is 6.20 Å². The number of guanidine groups is 1. The molecule has 0 unspecified atom stereocenters. The molecule has 0 aromatic carbocycles. The molecule has 8 heteroatoms. The van der Waals surface area contributed by atoms with Crippen LogP contribution >= 0.6 is 24.0 Å². The smallest absolute Gasteiger partial charge is 0.308 e. The fourth-order valence-electron chi connectivity index (χ4n) is 3.26. The third-order valence-corrected chi connectivity index (χ3v) is 4.89. The van der Waals surface area contributed by atoms with Crippen LogP contribution in [-0.4, -0.2) is 62.1 Å². The molecule has 152 valence electrons. The minimum atomic E-state index is -0.105. The first-order valence-electron chi connectivity index (χ1n) is 9.36. The number of piperidine rings is 1. The molecule has 0 aliphatic carbocycles. The maximum atomic E-state index is 11.6. The van der Waals surface area contributed by atoms with Gasteiger partial charge in [-0.15, -0.1) is 24.0 Å². The molecular weight excluding hydrogens is 457 g/mol. The number of nitrogens with one attached hydrogen (secondary N) is 1. The first kappa shape index (κ1) is 23.5. The van der Waals surface area contributed by atoms with E-state index in [2.05, 4.69) is 51.1 Å². The first-order valence-corrected chi connectivity index (χ1v) is 9.36. The van der Waals surface area contributed by atoms with Crippen LogP contribution in [0.25, 0.3) is 0 Å². The quantitative estimate of drug-likeness (QED) is 0.287. The van der Waals surface area contributed by atoms with E-state index in [9.17, 15) is 4.79 Å². The van der Waals surface area contributed by atoms with E-state index in [0.29, 0.717) is 6.54 Å². The summed E-state index contributed by atoms with van der Waals surface area (Å²) in [5, 5.41) is 3.40. The van der Waals surface area contributed by atoms with Gasteiger partial charge in [0.15, 0.2) is 5.96 Å². The summed E-state index contributed by atoms with van der Waals surface area (Å²) in [5.74, 6) is 1.77. The molecule has 0 atom stereocenters. The highest BCUT2D eigenvalue weighted by molar-refractivity contribution is 14.0. The topological polar surface area (TPSA) is 70.1 Å². The lowest BCUT2D eigenvalue weighted by atomic mass is 9.97. The van der Waals surface area contributed by atoms with Gasteiger partial charge in [-0.2, -0.15) is 0 Å². The van der Waals surface area contributed by atoms with E-state index < -0.39 is 0 Å². The van der Waals surface area contributed by atoms with Crippen molar-refractivity contribution in [2.24, 2.45) is 10.9 Å². The van der Waals surface area contributed by atoms with Crippen molar-refractivity contribution in [3.8, 4) is 0 Å². The Bertz CT molecular complexity index is 597. The minimum Gasteiger partial charge on any atom is -0.469 e. The predicted octanol–water partition coefficient (Wildman–Crippen LogP) is 2.51. The van der Waals surface area contributed by atoms with Gasteiger partial charge in [0.05, 0.1) is 13.0 Å². The van der Waals surface area contributed by atoms with Crippen molar-refractivity contribution < 1.29 is 9.53 Å². The van der Waals surface area contributed by atoms with Gasteiger partial charge < -0.3 is 19.9 Å². The Labute approximate surface area is 179 Å². The van der Waals surface area contributed by atoms with Gasteiger partial charge >= 0.3 is 5.97 Å². The number of likely N-dealkylation sites (tertiary alicyclic amines) is 1. The van der Waals surface area contributed by atoms with Crippen molar-refractivity contribution in [2.45, 2.75) is 33.2 Å². The van der Waals surface area contributed by atoms with Crippen LogP contribution in [0.15, 0.2) is 23.3 Å². The molecule has 0 radical (unpaired) electrons. The fraction of sp³-hybridized carbons (Fsp3) is 0.632. The molecular formula is C19H32IN5O2. The number of halogens is 1. The Balaban J connectivity index is 0.00000364. The summed E-state index contributed by atoms with van der Waals surface area (Å²) >= 11 is 0. The Hall–Kier alpha value is -1.58. The molecule has 1 aliphatic heterocycles. The molecule has 2 rings (SSSR count). The Morgan fingerprint density at radius 1 is 1.33 bits per heavy atom. The van der Waals surface area contributed by atoms with E-state index in [-0.39, 0.29) is 35.9 Å². The van der Waals surface area contributed by atoms with E-state index in [4.69, 9.17) is 4.74 Å². The normalized spacial score (nSPS) is 15.1. The molecule has 0 bridgehead atoms. The van der Waals surface area contributed by atoms with Crippen LogP contribution < -0.4 is 10.2 Å². The van der Waals surface area contributed by atoms with E-state index in [1.54, 1.807) is 7.05 Å². The number of ether oxygens (including phenoxy) is 1. The zero-order valence-corrected chi connectivity index (χ0v) is 19.1. The zero-order chi connectivity index (χ0) is 18.9. The molecule has 0 saturated carbocycles. The molecule has 1 aromatic heterocycles. The second-order valence-electron chi connectivity index (χ2n) is 6.38. The lowest BCUT2D eigenvalue weighted by Gasteiger charge is -2.33. The lowest BCUT2D eigenvalue weighted by Crippen LogP contribution is -2.46. The highest BCUT2D eigenvalue weighted by Crippen LogP contribution is 2.18. The molecule has 1 aromatic rings. The summed E-state index contributed by atoms with van der Waals surface area (Å²) in [5.41, 5.74) is 1.12. The zero-order valence-electron chi connectivity index (χ0n) is 16.8. The highest BCUT2D eigenvalue weighted by Gasteiger charge is 2.26. The molecule has 1 fully saturated rings. The minimum absolute atomic E-state index is 0. The Morgan fingerprint density at radius 2 is 2.00 bits per heavy atom. The third kappa shape index (κ3) is 6.51. The number of carbonyl (C=O) groups is 1. The highest BCUT2D eigenvalue weighted by atomic mass is 127. The van der Waals surface area contributed by atoms with Crippen molar-refractivity contribution >= 4 is 41.7 Å². The number of aromatic nitrogens is 1. The lowest BCUT2D eigenvalue weighted by molar-refractivity contribution is -0.146. The summed E-state index contributed by atoms with van der Waals surface area (Å²) < 4.78 is 4.85. The summed E-state index contributed by atoms with van der Waals surface area (Å²) in [4.78, 5) is 25.0. The number of anilines is 1. The van der Waals surface area contributed by atoms with Crippen LogP contribution in [0.1, 0.15) is 32.3 Å². The molecule has 2 heterocycles. The van der Waals surface area contributed by atoms with Crippen LogP contribution in [0.2, 0.25) is 0 Å². The number of rotatable bonds is 6. The molecule has 1 aliphatic rings. The van der Waals surface area contributed by atoms with Crippen molar-refractivity contribution in [3.63, 3.8) is 0 Å². The number of methoxy groups -OCH3 is 1. The number of esters is 1. The number of carbonyl (C=O) groups excluding carboxylic acids is 1. The molecule has 1 N–H and O–H groups in total. The van der Waals surface area contributed by atoms with Gasteiger partial charge in [0.2, 0.25) is 0 Å². The number of nitrogens with zero attached hydrogens (tertiary/aromatic N) is 4. The number of pyridine rings is 1. The van der Waals surface area contributed by atoms with Crippen LogP contribution in [0.5, 0.6) is 0 Å².